The molecule has 0 unspecified atom stereocenters. The summed E-state index contributed by atoms with van der Waals surface area (Å²) in [4.78, 5) is 14.6. The first kappa shape index (κ1) is 16.7. The standard InChI is InChI=1S/C21H26N2O/c1-21(2,3)20(17-10-5-4-6-11-17)22-15-19(24)23-14-13-16-9-7-8-12-18(16)23/h4-12,20,22H,13-15H2,1-3H3/t20-/m0/s1. The van der Waals surface area contributed by atoms with Gasteiger partial charge in [0.25, 0.3) is 0 Å². The Morgan fingerprint density at radius 3 is 2.46 bits per heavy atom. The van der Waals surface area contributed by atoms with Crippen molar-refractivity contribution in [2.75, 3.05) is 18.0 Å². The van der Waals surface area contributed by atoms with Crippen LogP contribution in [0.5, 0.6) is 0 Å². The number of rotatable bonds is 4. The molecule has 0 saturated heterocycles. The van der Waals surface area contributed by atoms with Gasteiger partial charge in [-0.2, -0.15) is 0 Å². The molecule has 0 aromatic heterocycles. The van der Waals surface area contributed by atoms with Crippen LogP contribution in [0.3, 0.4) is 0 Å². The summed E-state index contributed by atoms with van der Waals surface area (Å²) in [5.41, 5.74) is 3.59. The number of amides is 1. The van der Waals surface area contributed by atoms with Gasteiger partial charge in [-0.3, -0.25) is 4.79 Å². The van der Waals surface area contributed by atoms with E-state index < -0.39 is 0 Å². The van der Waals surface area contributed by atoms with E-state index in [9.17, 15) is 4.79 Å². The maximum atomic E-state index is 12.7. The van der Waals surface area contributed by atoms with Crippen molar-refractivity contribution >= 4 is 11.6 Å². The van der Waals surface area contributed by atoms with Crippen molar-refractivity contribution in [3.63, 3.8) is 0 Å². The second kappa shape index (κ2) is 6.78. The topological polar surface area (TPSA) is 32.3 Å². The van der Waals surface area contributed by atoms with Crippen LogP contribution in [0.15, 0.2) is 54.6 Å². The van der Waals surface area contributed by atoms with Crippen molar-refractivity contribution < 1.29 is 4.79 Å². The fourth-order valence-corrected chi connectivity index (χ4v) is 3.45. The minimum Gasteiger partial charge on any atom is -0.311 e. The van der Waals surface area contributed by atoms with E-state index in [1.807, 2.05) is 41.3 Å². The molecule has 0 radical (unpaired) electrons. The van der Waals surface area contributed by atoms with E-state index in [1.165, 1.54) is 11.1 Å². The highest BCUT2D eigenvalue weighted by Crippen LogP contribution is 2.33. The molecule has 2 aromatic carbocycles. The smallest absolute Gasteiger partial charge is 0.240 e. The van der Waals surface area contributed by atoms with Crippen molar-refractivity contribution in [1.29, 1.82) is 0 Å². The van der Waals surface area contributed by atoms with Gasteiger partial charge in [-0.1, -0.05) is 69.3 Å². The second-order valence-electron chi connectivity index (χ2n) is 7.51. The van der Waals surface area contributed by atoms with Gasteiger partial charge < -0.3 is 10.2 Å². The minimum atomic E-state index is 0.0323. The predicted molar refractivity (Wildman–Crippen MR) is 99.1 cm³/mol. The van der Waals surface area contributed by atoms with Gasteiger partial charge in [0.05, 0.1) is 6.54 Å². The van der Waals surface area contributed by atoms with Crippen molar-refractivity contribution in [3.05, 3.63) is 65.7 Å². The Balaban J connectivity index is 1.71. The first-order valence-corrected chi connectivity index (χ1v) is 8.63. The molecule has 0 aliphatic carbocycles. The van der Waals surface area contributed by atoms with E-state index in [1.54, 1.807) is 0 Å². The van der Waals surface area contributed by atoms with Gasteiger partial charge in [0.1, 0.15) is 0 Å². The number of anilines is 1. The molecule has 3 rings (SSSR count). The van der Waals surface area contributed by atoms with Gasteiger partial charge in [0.2, 0.25) is 5.91 Å². The monoisotopic (exact) mass is 322 g/mol. The Morgan fingerprint density at radius 2 is 1.75 bits per heavy atom. The number of hydrogen-bond donors (Lipinski definition) is 1. The third-order valence-electron chi connectivity index (χ3n) is 4.64. The first-order chi connectivity index (χ1) is 11.5. The quantitative estimate of drug-likeness (QED) is 0.924. The Labute approximate surface area is 144 Å². The Bertz CT molecular complexity index is 703. The fourth-order valence-electron chi connectivity index (χ4n) is 3.45. The molecule has 1 heterocycles. The Morgan fingerprint density at radius 1 is 1.08 bits per heavy atom. The maximum Gasteiger partial charge on any atom is 0.240 e. The lowest BCUT2D eigenvalue weighted by Crippen LogP contribution is -2.41. The number of nitrogens with zero attached hydrogens (tertiary/aromatic N) is 1. The molecule has 3 nitrogen and oxygen atoms in total. The van der Waals surface area contributed by atoms with E-state index in [2.05, 4.69) is 44.3 Å². The summed E-state index contributed by atoms with van der Waals surface area (Å²) in [6, 6.07) is 18.7. The van der Waals surface area contributed by atoms with Crippen molar-refractivity contribution in [2.24, 2.45) is 5.41 Å². The molecule has 3 heteroatoms. The number of fused-ring (bicyclic) bond motifs is 1. The van der Waals surface area contributed by atoms with Gasteiger partial charge in [-0.05, 0) is 29.0 Å². The summed E-state index contributed by atoms with van der Waals surface area (Å²) in [6.45, 7) is 7.74. The molecule has 1 atom stereocenters. The molecule has 0 spiro atoms. The molecular formula is C21H26N2O. The van der Waals surface area contributed by atoms with Crippen LogP contribution in [0.4, 0.5) is 5.69 Å². The van der Waals surface area contributed by atoms with Gasteiger partial charge >= 0.3 is 0 Å². The SMILES string of the molecule is CC(C)(C)[C@@H](NCC(=O)N1CCc2ccccc21)c1ccccc1. The van der Waals surface area contributed by atoms with Crippen LogP contribution < -0.4 is 10.2 Å². The molecule has 1 aliphatic heterocycles. The number of carbonyl (C=O) groups excluding carboxylic acids is 1. The average Bonchev–Trinajstić information content (AvgIpc) is 2.99. The number of benzene rings is 2. The summed E-state index contributed by atoms with van der Waals surface area (Å²) in [7, 11) is 0. The van der Waals surface area contributed by atoms with Crippen LogP contribution in [-0.2, 0) is 11.2 Å². The summed E-state index contributed by atoms with van der Waals surface area (Å²) in [6.07, 6.45) is 0.948. The van der Waals surface area contributed by atoms with E-state index in [0.717, 1.165) is 18.7 Å². The molecule has 126 valence electrons. The van der Waals surface area contributed by atoms with Gasteiger partial charge in [0, 0.05) is 18.3 Å². The molecule has 1 N–H and O–H groups in total. The number of nitrogens with one attached hydrogen (secondary N) is 1. The molecule has 1 amide bonds. The van der Waals surface area contributed by atoms with E-state index in [0.29, 0.717) is 6.54 Å². The van der Waals surface area contributed by atoms with Crippen LogP contribution in [0.2, 0.25) is 0 Å². The molecule has 24 heavy (non-hydrogen) atoms. The number of carbonyl (C=O) groups is 1. The van der Waals surface area contributed by atoms with Crippen molar-refractivity contribution in [1.82, 2.24) is 5.32 Å². The minimum absolute atomic E-state index is 0.0323. The fraction of sp³-hybridized carbons (Fsp3) is 0.381. The Hall–Kier alpha value is -2.13. The third-order valence-corrected chi connectivity index (χ3v) is 4.64. The lowest BCUT2D eigenvalue weighted by atomic mass is 9.82. The molecule has 0 saturated carbocycles. The summed E-state index contributed by atoms with van der Waals surface area (Å²) in [5.74, 6) is 0.144. The highest BCUT2D eigenvalue weighted by molar-refractivity contribution is 5.96. The van der Waals surface area contributed by atoms with Crippen molar-refractivity contribution in [3.8, 4) is 0 Å². The summed E-state index contributed by atoms with van der Waals surface area (Å²) < 4.78 is 0. The van der Waals surface area contributed by atoms with E-state index in [-0.39, 0.29) is 17.4 Å². The number of hydrogen-bond acceptors (Lipinski definition) is 2. The predicted octanol–water partition coefficient (Wildman–Crippen LogP) is 3.95. The maximum absolute atomic E-state index is 12.7. The normalized spacial score (nSPS) is 15.2. The lowest BCUT2D eigenvalue weighted by Gasteiger charge is -2.32. The molecular weight excluding hydrogens is 296 g/mol. The van der Waals surface area contributed by atoms with Crippen LogP contribution in [0.1, 0.15) is 37.9 Å². The van der Waals surface area contributed by atoms with E-state index >= 15 is 0 Å². The summed E-state index contributed by atoms with van der Waals surface area (Å²) >= 11 is 0. The van der Waals surface area contributed by atoms with Crippen LogP contribution in [0, 0.1) is 5.41 Å². The highest BCUT2D eigenvalue weighted by Gasteiger charge is 2.28. The molecule has 0 fully saturated rings. The average molecular weight is 322 g/mol. The van der Waals surface area contributed by atoms with Crippen molar-refractivity contribution in [2.45, 2.75) is 33.2 Å². The zero-order chi connectivity index (χ0) is 17.2. The van der Waals surface area contributed by atoms with Crippen LogP contribution >= 0.6 is 0 Å². The second-order valence-corrected chi connectivity index (χ2v) is 7.51. The first-order valence-electron chi connectivity index (χ1n) is 8.63. The zero-order valence-corrected chi connectivity index (χ0v) is 14.8. The largest absolute Gasteiger partial charge is 0.311 e. The Kier molecular flexibility index (Phi) is 4.72. The van der Waals surface area contributed by atoms with Gasteiger partial charge in [-0.25, -0.2) is 0 Å². The molecule has 2 aromatic rings. The summed E-state index contributed by atoms with van der Waals surface area (Å²) in [5, 5.41) is 3.49. The van der Waals surface area contributed by atoms with Crippen LogP contribution in [-0.4, -0.2) is 19.0 Å². The van der Waals surface area contributed by atoms with E-state index in [4.69, 9.17) is 0 Å². The molecule has 1 aliphatic rings. The zero-order valence-electron chi connectivity index (χ0n) is 14.8. The highest BCUT2D eigenvalue weighted by atomic mass is 16.2. The lowest BCUT2D eigenvalue weighted by molar-refractivity contribution is -0.117. The number of para-hydroxylation sites is 1. The molecule has 0 bridgehead atoms. The van der Waals surface area contributed by atoms with Crippen LogP contribution in [0.25, 0.3) is 0 Å². The van der Waals surface area contributed by atoms with Gasteiger partial charge in [-0.15, -0.1) is 0 Å². The third kappa shape index (κ3) is 3.51. The van der Waals surface area contributed by atoms with Gasteiger partial charge in [0.15, 0.2) is 0 Å².